The number of carbonyl (C=O) groups excluding carboxylic acids is 2. The first-order valence-corrected chi connectivity index (χ1v) is 10.3. The van der Waals surface area contributed by atoms with Crippen LogP contribution in [0.1, 0.15) is 39.9 Å². The number of aldehydes is 1. The Labute approximate surface area is 186 Å². The number of allylic oxidation sites excluding steroid dienone is 1. The third kappa shape index (κ3) is 5.73. The molecule has 2 heterocycles. The van der Waals surface area contributed by atoms with Crippen molar-refractivity contribution in [2.75, 3.05) is 25.6 Å². The van der Waals surface area contributed by atoms with Crippen molar-refractivity contribution in [3.05, 3.63) is 47.8 Å². The fraction of sp³-hybridized carbons (Fsp3) is 0.364. The number of aliphatic hydroxyl groups excluding tert-OH is 1. The van der Waals surface area contributed by atoms with Gasteiger partial charge < -0.3 is 25.5 Å². The van der Waals surface area contributed by atoms with Gasteiger partial charge in [-0.2, -0.15) is 5.10 Å². The first-order chi connectivity index (χ1) is 15.4. The average Bonchev–Trinajstić information content (AvgIpc) is 3.33. The van der Waals surface area contributed by atoms with Crippen LogP contribution in [0.25, 0.3) is 11.0 Å². The number of benzene rings is 1. The van der Waals surface area contributed by atoms with E-state index in [1.54, 1.807) is 36.0 Å². The Hall–Kier alpha value is -3.66. The van der Waals surface area contributed by atoms with Gasteiger partial charge in [-0.15, -0.1) is 6.58 Å². The zero-order valence-electron chi connectivity index (χ0n) is 18.7. The van der Waals surface area contributed by atoms with Crippen LogP contribution < -0.4 is 15.8 Å². The van der Waals surface area contributed by atoms with E-state index in [4.69, 9.17) is 15.6 Å². The molecule has 1 amide bonds. The van der Waals surface area contributed by atoms with Crippen molar-refractivity contribution >= 4 is 29.2 Å². The zero-order valence-corrected chi connectivity index (χ0v) is 18.7. The fourth-order valence-corrected chi connectivity index (χ4v) is 3.14. The van der Waals surface area contributed by atoms with E-state index in [2.05, 4.69) is 22.0 Å². The number of hydrogen-bond donors (Lipinski definition) is 3. The number of aromatic nitrogens is 4. The number of nitrogens with zero attached hydrogens (tertiary/aromatic N) is 4. The quantitative estimate of drug-likeness (QED) is 0.248. The molecule has 0 spiro atoms. The SMILES string of the molecule is C=CCn1c(NC)nc2cc(C(N)=O)cc(OCCCO)c21.CCn1nc(C)cc1C=O. The first-order valence-electron chi connectivity index (χ1n) is 10.3. The number of imidazole rings is 1. The highest BCUT2D eigenvalue weighted by Gasteiger charge is 2.17. The Morgan fingerprint density at radius 2 is 2.12 bits per heavy atom. The minimum absolute atomic E-state index is 0.0341. The highest BCUT2D eigenvalue weighted by Crippen LogP contribution is 2.30. The molecular formula is C22H30N6O4. The summed E-state index contributed by atoms with van der Waals surface area (Å²) in [5, 5.41) is 16.0. The number of rotatable bonds is 10. The normalized spacial score (nSPS) is 10.4. The lowest BCUT2D eigenvalue weighted by Gasteiger charge is -2.11. The van der Waals surface area contributed by atoms with Gasteiger partial charge in [-0.25, -0.2) is 4.98 Å². The van der Waals surface area contributed by atoms with E-state index in [-0.39, 0.29) is 6.61 Å². The van der Waals surface area contributed by atoms with Gasteiger partial charge in [-0.1, -0.05) is 6.08 Å². The highest BCUT2D eigenvalue weighted by molar-refractivity contribution is 5.98. The molecule has 2 aromatic heterocycles. The molecule has 4 N–H and O–H groups in total. The molecule has 0 saturated heterocycles. The number of aryl methyl sites for hydroxylation is 2. The van der Waals surface area contributed by atoms with Crippen molar-refractivity contribution in [1.29, 1.82) is 0 Å². The second kappa shape index (κ2) is 11.7. The average molecular weight is 443 g/mol. The first kappa shape index (κ1) is 24.6. The third-order valence-corrected chi connectivity index (χ3v) is 4.54. The van der Waals surface area contributed by atoms with E-state index in [9.17, 15) is 9.59 Å². The number of carbonyl (C=O) groups is 2. The number of amides is 1. The lowest BCUT2D eigenvalue weighted by Crippen LogP contribution is -2.12. The van der Waals surface area contributed by atoms with Gasteiger partial charge in [0, 0.05) is 38.7 Å². The second-order valence-corrected chi connectivity index (χ2v) is 6.86. The van der Waals surface area contributed by atoms with E-state index < -0.39 is 5.91 Å². The van der Waals surface area contributed by atoms with Crippen LogP contribution in [-0.4, -0.2) is 56.9 Å². The summed E-state index contributed by atoms with van der Waals surface area (Å²) in [6, 6.07) is 5.01. The molecule has 0 unspecified atom stereocenters. The van der Waals surface area contributed by atoms with Crippen LogP contribution in [-0.2, 0) is 13.1 Å². The van der Waals surface area contributed by atoms with Crippen LogP contribution in [0.4, 0.5) is 5.95 Å². The van der Waals surface area contributed by atoms with Crippen molar-refractivity contribution in [2.24, 2.45) is 5.73 Å². The van der Waals surface area contributed by atoms with Crippen LogP contribution in [0, 0.1) is 6.92 Å². The van der Waals surface area contributed by atoms with E-state index in [0.717, 1.165) is 24.0 Å². The Bertz CT molecular complexity index is 1090. The summed E-state index contributed by atoms with van der Waals surface area (Å²) in [4.78, 5) is 26.3. The van der Waals surface area contributed by atoms with Crippen molar-refractivity contribution in [2.45, 2.75) is 33.4 Å². The predicted octanol–water partition coefficient (Wildman–Crippen LogP) is 2.15. The Balaban J connectivity index is 0.000000303. The maximum absolute atomic E-state index is 11.5. The Morgan fingerprint density at radius 1 is 1.38 bits per heavy atom. The van der Waals surface area contributed by atoms with Gasteiger partial charge in [0.05, 0.1) is 17.8 Å². The number of ether oxygens (including phenoxy) is 1. The minimum atomic E-state index is -0.543. The van der Waals surface area contributed by atoms with Crippen molar-refractivity contribution in [1.82, 2.24) is 19.3 Å². The molecule has 0 aliphatic carbocycles. The van der Waals surface area contributed by atoms with Crippen LogP contribution >= 0.6 is 0 Å². The van der Waals surface area contributed by atoms with Gasteiger partial charge in [-0.3, -0.25) is 14.3 Å². The molecule has 0 aliphatic heterocycles. The summed E-state index contributed by atoms with van der Waals surface area (Å²) in [5.74, 6) is 0.609. The third-order valence-electron chi connectivity index (χ3n) is 4.54. The predicted molar refractivity (Wildman–Crippen MR) is 123 cm³/mol. The van der Waals surface area contributed by atoms with E-state index in [1.165, 1.54) is 0 Å². The number of aliphatic hydroxyl groups is 1. The summed E-state index contributed by atoms with van der Waals surface area (Å²) in [5.41, 5.74) is 8.61. The summed E-state index contributed by atoms with van der Waals surface area (Å²) in [6.45, 7) is 9.24. The number of primary amides is 1. The van der Waals surface area contributed by atoms with E-state index in [1.807, 2.05) is 18.4 Å². The molecule has 3 aromatic rings. The monoisotopic (exact) mass is 442 g/mol. The number of anilines is 1. The fourth-order valence-electron chi connectivity index (χ4n) is 3.14. The summed E-state index contributed by atoms with van der Waals surface area (Å²) in [6.07, 6.45) is 3.07. The van der Waals surface area contributed by atoms with Crippen LogP contribution in [0.3, 0.4) is 0 Å². The van der Waals surface area contributed by atoms with Gasteiger partial charge >= 0.3 is 0 Å². The highest BCUT2D eigenvalue weighted by atomic mass is 16.5. The van der Waals surface area contributed by atoms with Gasteiger partial charge in [0.2, 0.25) is 11.9 Å². The smallest absolute Gasteiger partial charge is 0.248 e. The minimum Gasteiger partial charge on any atom is -0.491 e. The lowest BCUT2D eigenvalue weighted by molar-refractivity contribution is 0.0999. The molecule has 0 atom stereocenters. The van der Waals surface area contributed by atoms with Gasteiger partial charge in [0.1, 0.15) is 17.0 Å². The second-order valence-electron chi connectivity index (χ2n) is 6.86. The Morgan fingerprint density at radius 3 is 2.66 bits per heavy atom. The summed E-state index contributed by atoms with van der Waals surface area (Å²) < 4.78 is 9.29. The molecule has 32 heavy (non-hydrogen) atoms. The molecule has 3 rings (SSSR count). The number of nitrogens with one attached hydrogen (secondary N) is 1. The lowest BCUT2D eigenvalue weighted by atomic mass is 10.1. The molecule has 0 aliphatic rings. The van der Waals surface area contributed by atoms with Crippen LogP contribution in [0.15, 0.2) is 30.9 Å². The zero-order chi connectivity index (χ0) is 23.7. The van der Waals surface area contributed by atoms with E-state index in [0.29, 0.717) is 48.0 Å². The van der Waals surface area contributed by atoms with Crippen molar-refractivity contribution in [3.63, 3.8) is 0 Å². The van der Waals surface area contributed by atoms with Crippen molar-refractivity contribution < 1.29 is 19.4 Å². The van der Waals surface area contributed by atoms with Crippen LogP contribution in [0.5, 0.6) is 5.75 Å². The molecule has 172 valence electrons. The summed E-state index contributed by atoms with van der Waals surface area (Å²) in [7, 11) is 1.77. The maximum atomic E-state index is 11.5. The number of nitrogens with two attached hydrogens (primary N) is 1. The van der Waals surface area contributed by atoms with Gasteiger partial charge in [-0.05, 0) is 32.0 Å². The molecule has 0 fully saturated rings. The topological polar surface area (TPSA) is 137 Å². The molecule has 0 saturated carbocycles. The molecule has 0 radical (unpaired) electrons. The Kier molecular flexibility index (Phi) is 8.96. The van der Waals surface area contributed by atoms with E-state index >= 15 is 0 Å². The molecular weight excluding hydrogens is 412 g/mol. The number of hydrogen-bond acceptors (Lipinski definition) is 7. The number of fused-ring (bicyclic) bond motifs is 1. The van der Waals surface area contributed by atoms with Gasteiger partial charge in [0.25, 0.3) is 0 Å². The molecule has 10 nitrogen and oxygen atoms in total. The largest absolute Gasteiger partial charge is 0.491 e. The van der Waals surface area contributed by atoms with Crippen molar-refractivity contribution in [3.8, 4) is 5.75 Å². The van der Waals surface area contributed by atoms with Gasteiger partial charge in [0.15, 0.2) is 6.29 Å². The molecule has 0 bridgehead atoms. The standard InChI is InChI=1S/C15H20N4O3.C7H10N2O/c1-3-5-19-13-11(18-15(19)17-2)8-10(14(16)21)9-12(13)22-7-4-6-20;1-3-9-7(5-10)4-6(2)8-9/h3,8-9,20H,1,4-7H2,2H3,(H2,16,21)(H,17,18);4-5H,3H2,1-2H3. The molecule has 1 aromatic carbocycles. The molecule has 10 heteroatoms. The van der Waals surface area contributed by atoms with Crippen LogP contribution in [0.2, 0.25) is 0 Å². The summed E-state index contributed by atoms with van der Waals surface area (Å²) >= 11 is 0. The maximum Gasteiger partial charge on any atom is 0.248 e.